The standard InChI is InChI=1S/C10H20O2.C7H8N2O3.C6H6O/c1-5-9(7-8(3)4)12-10(11)6-2;1-12-4-2-3-9-5(6(4)10)7(8)11;7-6-4-2-1-3-5-6/h8-9H,5-7H2,1-4H3;2-3,10H,1H3,(H2,8,11);1-5,7H. The van der Waals surface area contributed by atoms with Gasteiger partial charge in [0, 0.05) is 18.7 Å². The van der Waals surface area contributed by atoms with E-state index in [-0.39, 0.29) is 29.3 Å². The molecule has 0 bridgehead atoms. The van der Waals surface area contributed by atoms with Crippen LogP contribution in [0.3, 0.4) is 0 Å². The van der Waals surface area contributed by atoms with Gasteiger partial charge in [0.25, 0.3) is 5.91 Å². The molecule has 2 aromatic rings. The first-order chi connectivity index (χ1) is 14.7. The Morgan fingerprint density at radius 2 is 1.71 bits per heavy atom. The van der Waals surface area contributed by atoms with Crippen molar-refractivity contribution >= 4 is 11.9 Å². The highest BCUT2D eigenvalue weighted by atomic mass is 16.5. The largest absolute Gasteiger partial charge is 0.508 e. The van der Waals surface area contributed by atoms with E-state index in [0.29, 0.717) is 18.1 Å². The van der Waals surface area contributed by atoms with Gasteiger partial charge in [-0.2, -0.15) is 0 Å². The minimum absolute atomic E-state index is 0.0810. The van der Waals surface area contributed by atoms with Gasteiger partial charge in [-0.15, -0.1) is 0 Å². The van der Waals surface area contributed by atoms with Crippen molar-refractivity contribution in [2.75, 3.05) is 7.11 Å². The lowest BCUT2D eigenvalue weighted by Crippen LogP contribution is -2.18. The number of amides is 1. The van der Waals surface area contributed by atoms with Gasteiger partial charge in [-0.1, -0.05) is 45.9 Å². The molecular formula is C23H34N2O6. The number of phenolic OH excluding ortho intramolecular Hbond substituents is 1. The first-order valence-corrected chi connectivity index (χ1v) is 10.1. The number of phenols is 1. The smallest absolute Gasteiger partial charge is 0.305 e. The Kier molecular flexibility index (Phi) is 13.9. The molecule has 1 atom stereocenters. The van der Waals surface area contributed by atoms with Crippen molar-refractivity contribution in [2.24, 2.45) is 11.7 Å². The van der Waals surface area contributed by atoms with Crippen molar-refractivity contribution in [3.05, 3.63) is 48.3 Å². The number of primary amides is 1. The van der Waals surface area contributed by atoms with Crippen molar-refractivity contribution in [2.45, 2.75) is 53.1 Å². The Hall–Kier alpha value is -3.29. The van der Waals surface area contributed by atoms with Crippen LogP contribution in [0.2, 0.25) is 0 Å². The number of aromatic nitrogens is 1. The molecular weight excluding hydrogens is 400 g/mol. The van der Waals surface area contributed by atoms with Crippen LogP contribution in [0.25, 0.3) is 0 Å². The molecule has 8 heteroatoms. The zero-order valence-electron chi connectivity index (χ0n) is 18.9. The highest BCUT2D eigenvalue weighted by molar-refractivity contribution is 5.94. The highest BCUT2D eigenvalue weighted by Crippen LogP contribution is 2.26. The van der Waals surface area contributed by atoms with Gasteiger partial charge in [0.2, 0.25) is 0 Å². The first-order valence-electron chi connectivity index (χ1n) is 10.1. The second-order valence-corrected chi connectivity index (χ2v) is 6.91. The van der Waals surface area contributed by atoms with E-state index >= 15 is 0 Å². The Balaban J connectivity index is 0.000000451. The lowest BCUT2D eigenvalue weighted by atomic mass is 10.0. The molecule has 4 N–H and O–H groups in total. The summed E-state index contributed by atoms with van der Waals surface area (Å²) in [5.41, 5.74) is 4.74. The number of hydrogen-bond donors (Lipinski definition) is 3. The van der Waals surface area contributed by atoms with Crippen LogP contribution in [-0.2, 0) is 9.53 Å². The fourth-order valence-electron chi connectivity index (χ4n) is 2.30. The van der Waals surface area contributed by atoms with Crippen LogP contribution in [0.5, 0.6) is 17.2 Å². The maximum atomic E-state index is 10.9. The third kappa shape index (κ3) is 12.1. The van der Waals surface area contributed by atoms with Crippen molar-refractivity contribution in [1.82, 2.24) is 4.98 Å². The number of pyridine rings is 1. The van der Waals surface area contributed by atoms with E-state index in [9.17, 15) is 14.7 Å². The Bertz CT molecular complexity index is 781. The topological polar surface area (TPSA) is 132 Å². The number of para-hydroxylation sites is 1. The molecule has 31 heavy (non-hydrogen) atoms. The summed E-state index contributed by atoms with van der Waals surface area (Å²) in [4.78, 5) is 25.2. The molecule has 0 aliphatic rings. The van der Waals surface area contributed by atoms with Crippen molar-refractivity contribution in [3.63, 3.8) is 0 Å². The Morgan fingerprint density at radius 3 is 2.10 bits per heavy atom. The average Bonchev–Trinajstić information content (AvgIpc) is 2.74. The first kappa shape index (κ1) is 27.7. The van der Waals surface area contributed by atoms with Gasteiger partial charge >= 0.3 is 5.97 Å². The number of nitrogens with two attached hydrogens (primary N) is 1. The van der Waals surface area contributed by atoms with Crippen LogP contribution in [-0.4, -0.2) is 40.3 Å². The lowest BCUT2D eigenvalue weighted by Gasteiger charge is -2.17. The predicted molar refractivity (Wildman–Crippen MR) is 119 cm³/mol. The van der Waals surface area contributed by atoms with Crippen LogP contribution in [0.1, 0.15) is 57.4 Å². The summed E-state index contributed by atoms with van der Waals surface area (Å²) in [6.45, 7) is 8.16. The van der Waals surface area contributed by atoms with Gasteiger partial charge in [0.1, 0.15) is 11.9 Å². The molecule has 0 radical (unpaired) electrons. The summed E-state index contributed by atoms with van der Waals surface area (Å²) in [5.74, 6) is -0.0951. The molecule has 1 aromatic carbocycles. The third-order valence-corrected chi connectivity index (χ3v) is 3.87. The van der Waals surface area contributed by atoms with E-state index in [0.717, 1.165) is 12.8 Å². The van der Waals surface area contributed by atoms with Gasteiger partial charge in [-0.05, 0) is 30.9 Å². The number of ether oxygens (including phenoxy) is 2. The Labute approximate surface area is 184 Å². The van der Waals surface area contributed by atoms with Crippen molar-refractivity contribution in [1.29, 1.82) is 0 Å². The van der Waals surface area contributed by atoms with Crippen molar-refractivity contribution in [3.8, 4) is 17.2 Å². The number of methoxy groups -OCH3 is 1. The van der Waals surface area contributed by atoms with Crippen LogP contribution < -0.4 is 10.5 Å². The number of carbonyl (C=O) groups excluding carboxylic acids is 2. The quantitative estimate of drug-likeness (QED) is 0.560. The maximum absolute atomic E-state index is 10.9. The molecule has 1 unspecified atom stereocenters. The summed E-state index contributed by atoms with van der Waals surface area (Å²) in [6, 6.07) is 10.1. The average molecular weight is 435 g/mol. The van der Waals surface area contributed by atoms with Crippen LogP contribution >= 0.6 is 0 Å². The number of hydrogen-bond acceptors (Lipinski definition) is 7. The molecule has 1 heterocycles. The molecule has 1 aromatic heterocycles. The highest BCUT2D eigenvalue weighted by Gasteiger charge is 2.13. The number of carbonyl (C=O) groups is 2. The fourth-order valence-corrected chi connectivity index (χ4v) is 2.30. The molecule has 0 fully saturated rings. The van der Waals surface area contributed by atoms with E-state index in [4.69, 9.17) is 20.3 Å². The van der Waals surface area contributed by atoms with Gasteiger partial charge in [-0.25, -0.2) is 4.98 Å². The van der Waals surface area contributed by atoms with E-state index < -0.39 is 5.91 Å². The molecule has 1 amide bonds. The van der Waals surface area contributed by atoms with Gasteiger partial charge < -0.3 is 25.4 Å². The molecule has 0 spiro atoms. The summed E-state index contributed by atoms with van der Waals surface area (Å²) in [6.07, 6.45) is 3.83. The second-order valence-electron chi connectivity index (χ2n) is 6.91. The van der Waals surface area contributed by atoms with Gasteiger partial charge in [0.15, 0.2) is 17.2 Å². The number of esters is 1. The molecule has 0 saturated heterocycles. The molecule has 0 aliphatic heterocycles. The minimum atomic E-state index is -0.786. The van der Waals surface area contributed by atoms with E-state index in [2.05, 4.69) is 25.8 Å². The van der Waals surface area contributed by atoms with Crippen LogP contribution in [0.15, 0.2) is 42.6 Å². The molecule has 2 rings (SSSR count). The minimum Gasteiger partial charge on any atom is -0.508 e. The summed E-state index contributed by atoms with van der Waals surface area (Å²) < 4.78 is 9.96. The van der Waals surface area contributed by atoms with E-state index in [1.165, 1.54) is 19.4 Å². The van der Waals surface area contributed by atoms with Crippen molar-refractivity contribution < 1.29 is 29.3 Å². The molecule has 172 valence electrons. The monoisotopic (exact) mass is 434 g/mol. The predicted octanol–water partition coefficient (Wildman–Crippen LogP) is 4.05. The van der Waals surface area contributed by atoms with Crippen LogP contribution in [0.4, 0.5) is 0 Å². The Morgan fingerprint density at radius 1 is 1.10 bits per heavy atom. The molecule has 0 aliphatic carbocycles. The zero-order valence-corrected chi connectivity index (χ0v) is 18.9. The fraction of sp³-hybridized carbons (Fsp3) is 0.435. The van der Waals surface area contributed by atoms with Crippen LogP contribution in [0, 0.1) is 5.92 Å². The lowest BCUT2D eigenvalue weighted by molar-refractivity contribution is -0.149. The number of aromatic hydroxyl groups is 2. The number of rotatable bonds is 7. The maximum Gasteiger partial charge on any atom is 0.305 e. The molecule has 8 nitrogen and oxygen atoms in total. The summed E-state index contributed by atoms with van der Waals surface area (Å²) >= 11 is 0. The van der Waals surface area contributed by atoms with E-state index in [1.807, 2.05) is 13.0 Å². The van der Waals surface area contributed by atoms with Gasteiger partial charge in [-0.3, -0.25) is 9.59 Å². The second kappa shape index (κ2) is 15.5. The number of benzene rings is 1. The van der Waals surface area contributed by atoms with Gasteiger partial charge in [0.05, 0.1) is 7.11 Å². The summed E-state index contributed by atoms with van der Waals surface area (Å²) in [7, 11) is 1.37. The zero-order chi connectivity index (χ0) is 23.8. The third-order valence-electron chi connectivity index (χ3n) is 3.87. The normalized spacial score (nSPS) is 10.6. The SMILES string of the molecule is CCC(=O)OC(CC)CC(C)C.COc1ccnc(C(N)=O)c1O.Oc1ccccc1. The number of nitrogens with zero attached hydrogens (tertiary/aromatic N) is 1. The molecule has 0 saturated carbocycles. The van der Waals surface area contributed by atoms with E-state index in [1.54, 1.807) is 24.3 Å². The summed E-state index contributed by atoms with van der Waals surface area (Å²) in [5, 5.41) is 17.9.